The summed E-state index contributed by atoms with van der Waals surface area (Å²) < 4.78 is 9.11. The molecule has 0 saturated heterocycles. The van der Waals surface area contributed by atoms with Gasteiger partial charge in [0.25, 0.3) is 0 Å². The third-order valence-electron chi connectivity index (χ3n) is 9.48. The molecule has 0 radical (unpaired) electrons. The highest BCUT2D eigenvalue weighted by Gasteiger charge is 2.19. The van der Waals surface area contributed by atoms with Crippen molar-refractivity contribution in [2.24, 2.45) is 4.99 Å². The number of hydrogen-bond acceptors (Lipinski definition) is 2. The zero-order valence-electron chi connectivity index (χ0n) is 26.6. The van der Waals surface area contributed by atoms with Crippen LogP contribution in [0.25, 0.3) is 71.7 Å². The molecule has 0 spiro atoms. The van der Waals surface area contributed by atoms with E-state index in [1.165, 1.54) is 38.6 Å². The Morgan fingerprint density at radius 3 is 2.04 bits per heavy atom. The zero-order chi connectivity index (χ0) is 32.0. The molecular formula is C45H32N2O. The molecule has 7 aromatic carbocycles. The van der Waals surface area contributed by atoms with Gasteiger partial charge in [-0.05, 0) is 70.6 Å². The average molecular weight is 617 g/mol. The Kier molecular flexibility index (Phi) is 6.76. The summed E-state index contributed by atoms with van der Waals surface area (Å²) in [4.78, 5) is 4.96. The number of fused-ring (bicyclic) bond motifs is 6. The van der Waals surface area contributed by atoms with E-state index in [0.717, 1.165) is 49.9 Å². The highest BCUT2D eigenvalue weighted by molar-refractivity contribution is 6.17. The summed E-state index contributed by atoms with van der Waals surface area (Å²) in [6.07, 6.45) is 0. The van der Waals surface area contributed by atoms with E-state index in [1.54, 1.807) is 0 Å². The molecule has 0 unspecified atom stereocenters. The maximum atomic E-state index is 6.75. The molecular weight excluding hydrogens is 585 g/mol. The van der Waals surface area contributed by atoms with Crippen LogP contribution in [0.2, 0.25) is 0 Å². The first kappa shape index (κ1) is 28.1. The van der Waals surface area contributed by atoms with E-state index in [4.69, 9.17) is 9.41 Å². The van der Waals surface area contributed by atoms with Crippen molar-refractivity contribution in [3.05, 3.63) is 175 Å². The minimum absolute atomic E-state index is 0.627. The highest BCUT2D eigenvalue weighted by atomic mass is 16.3. The number of hydrogen-bond donors (Lipinski definition) is 0. The van der Waals surface area contributed by atoms with Crippen LogP contribution in [0.5, 0.6) is 0 Å². The number of aliphatic imine (C=N–C) groups is 1. The number of furan rings is 1. The van der Waals surface area contributed by atoms with Gasteiger partial charge in [-0.2, -0.15) is 0 Å². The van der Waals surface area contributed by atoms with Crippen LogP contribution in [0.3, 0.4) is 0 Å². The molecule has 0 aliphatic carbocycles. The van der Waals surface area contributed by atoms with Crippen LogP contribution in [0.15, 0.2) is 173 Å². The van der Waals surface area contributed by atoms with Gasteiger partial charge in [-0.1, -0.05) is 133 Å². The molecule has 2 aromatic heterocycles. The number of aromatic nitrogens is 1. The van der Waals surface area contributed by atoms with Crippen LogP contribution in [-0.4, -0.2) is 10.3 Å². The zero-order valence-corrected chi connectivity index (χ0v) is 26.6. The fourth-order valence-electron chi connectivity index (χ4n) is 7.06. The topological polar surface area (TPSA) is 30.4 Å². The smallest absolute Gasteiger partial charge is 0.159 e. The molecule has 228 valence electrons. The highest BCUT2D eigenvalue weighted by Crippen LogP contribution is 2.41. The Labute approximate surface area is 279 Å². The van der Waals surface area contributed by atoms with Gasteiger partial charge in [-0.15, -0.1) is 0 Å². The number of rotatable bonds is 6. The van der Waals surface area contributed by atoms with Crippen molar-refractivity contribution < 1.29 is 4.42 Å². The monoisotopic (exact) mass is 616 g/mol. The average Bonchev–Trinajstić information content (AvgIpc) is 3.70. The molecule has 48 heavy (non-hydrogen) atoms. The first-order valence-electron chi connectivity index (χ1n) is 16.4. The summed E-state index contributed by atoms with van der Waals surface area (Å²) >= 11 is 0. The molecule has 0 aliphatic rings. The maximum absolute atomic E-state index is 6.75. The van der Waals surface area contributed by atoms with Crippen LogP contribution in [0, 0.1) is 0 Å². The third-order valence-corrected chi connectivity index (χ3v) is 9.48. The Morgan fingerprint density at radius 2 is 1.23 bits per heavy atom. The van der Waals surface area contributed by atoms with Gasteiger partial charge in [0.2, 0.25) is 0 Å². The first-order valence-corrected chi connectivity index (χ1v) is 16.4. The Hall–Kier alpha value is -6.19. The van der Waals surface area contributed by atoms with Gasteiger partial charge in [0.15, 0.2) is 5.58 Å². The Morgan fingerprint density at radius 1 is 0.562 bits per heavy atom. The fraction of sp³-hybridized carbons (Fsp3) is 0.0444. The van der Waals surface area contributed by atoms with Crippen molar-refractivity contribution in [2.75, 3.05) is 0 Å². The molecule has 0 N–H and O–H groups in total. The molecule has 3 heteroatoms. The van der Waals surface area contributed by atoms with Gasteiger partial charge in [0.1, 0.15) is 5.58 Å². The normalized spacial score (nSPS) is 12.1. The third kappa shape index (κ3) is 4.71. The Balaban J connectivity index is 1.11. The lowest BCUT2D eigenvalue weighted by Crippen LogP contribution is -1.95. The summed E-state index contributed by atoms with van der Waals surface area (Å²) in [7, 11) is 0. The van der Waals surface area contributed by atoms with E-state index in [2.05, 4.69) is 169 Å². The lowest BCUT2D eigenvalue weighted by atomic mass is 9.99. The maximum Gasteiger partial charge on any atom is 0.159 e. The molecule has 9 aromatic rings. The summed E-state index contributed by atoms with van der Waals surface area (Å²) in [5, 5.41) is 4.68. The summed E-state index contributed by atoms with van der Waals surface area (Å²) in [5.74, 6) is 0. The number of nitrogens with zero attached hydrogens (tertiary/aromatic N) is 2. The van der Waals surface area contributed by atoms with Crippen molar-refractivity contribution in [3.63, 3.8) is 0 Å². The minimum atomic E-state index is 0.627. The molecule has 0 atom stereocenters. The lowest BCUT2D eigenvalue weighted by molar-refractivity contribution is 0.666. The first-order chi connectivity index (χ1) is 23.7. The largest absolute Gasteiger partial charge is 0.454 e. The van der Waals surface area contributed by atoms with Gasteiger partial charge in [-0.25, -0.2) is 0 Å². The second-order valence-corrected chi connectivity index (χ2v) is 12.3. The van der Waals surface area contributed by atoms with Crippen LogP contribution >= 0.6 is 0 Å². The molecule has 0 saturated carbocycles. The fourth-order valence-corrected chi connectivity index (χ4v) is 7.06. The number of para-hydroxylation sites is 2. The van der Waals surface area contributed by atoms with Crippen molar-refractivity contribution in [3.8, 4) is 27.9 Å². The Bertz CT molecular complexity index is 2630. The summed E-state index contributed by atoms with van der Waals surface area (Å²) in [6.45, 7) is 2.71. The molecule has 0 aliphatic heterocycles. The van der Waals surface area contributed by atoms with Crippen molar-refractivity contribution >= 4 is 49.5 Å². The van der Waals surface area contributed by atoms with Gasteiger partial charge < -0.3 is 8.98 Å². The van der Waals surface area contributed by atoms with Crippen molar-refractivity contribution in [1.82, 2.24) is 4.57 Å². The van der Waals surface area contributed by atoms with E-state index < -0.39 is 0 Å². The van der Waals surface area contributed by atoms with Gasteiger partial charge in [0.05, 0.1) is 23.3 Å². The molecule has 0 fully saturated rings. The molecule has 2 heterocycles. The van der Waals surface area contributed by atoms with E-state index in [0.29, 0.717) is 6.54 Å². The molecule has 0 amide bonds. The quantitative estimate of drug-likeness (QED) is 0.171. The van der Waals surface area contributed by atoms with E-state index >= 15 is 0 Å². The van der Waals surface area contributed by atoms with Gasteiger partial charge >= 0.3 is 0 Å². The van der Waals surface area contributed by atoms with Crippen LogP contribution < -0.4 is 0 Å². The van der Waals surface area contributed by atoms with Crippen LogP contribution in [0.4, 0.5) is 0 Å². The second kappa shape index (κ2) is 11.6. The van der Waals surface area contributed by atoms with Crippen molar-refractivity contribution in [2.45, 2.75) is 13.5 Å². The van der Waals surface area contributed by atoms with E-state index in [1.807, 2.05) is 6.07 Å². The van der Waals surface area contributed by atoms with Crippen molar-refractivity contribution in [1.29, 1.82) is 0 Å². The minimum Gasteiger partial charge on any atom is -0.454 e. The van der Waals surface area contributed by atoms with Crippen LogP contribution in [-0.2, 0) is 6.54 Å². The predicted octanol–water partition coefficient (Wildman–Crippen LogP) is 12.0. The van der Waals surface area contributed by atoms with Gasteiger partial charge in [-0.3, -0.25) is 4.99 Å². The van der Waals surface area contributed by atoms with E-state index in [9.17, 15) is 0 Å². The summed E-state index contributed by atoms with van der Waals surface area (Å²) in [6, 6.07) is 58.0. The standard InChI is InChI=1S/C45H32N2O/c1-30(46-29-31-22-24-33(25-23-31)32-12-4-2-5-13-32)35-26-27-37-38-18-11-21-42(45(38)48-43(37)28-35)47-40-19-9-8-16-39(40)44-36(17-10-20-41(44)47)34-14-6-3-7-15-34/h2-28H,29H2,1H3/b46-30+. The molecule has 0 bridgehead atoms. The SMILES string of the molecule is C/C(=N\Cc1ccc(-c2ccccc2)cc1)c1ccc2c(c1)oc1c(-n3c4ccccc4c4c(-c5ccccc5)cccc43)cccc12. The lowest BCUT2D eigenvalue weighted by Gasteiger charge is -2.09. The van der Waals surface area contributed by atoms with Gasteiger partial charge in [0, 0.05) is 27.3 Å². The molecule has 3 nitrogen and oxygen atoms in total. The van der Waals surface area contributed by atoms with Crippen LogP contribution in [0.1, 0.15) is 18.1 Å². The van der Waals surface area contributed by atoms with E-state index in [-0.39, 0.29) is 0 Å². The second-order valence-electron chi connectivity index (χ2n) is 12.3. The summed E-state index contributed by atoms with van der Waals surface area (Å²) in [5.41, 5.74) is 13.2. The predicted molar refractivity (Wildman–Crippen MR) is 201 cm³/mol. The number of benzene rings is 7. The molecule has 9 rings (SSSR count).